The molecule has 138 valence electrons. The number of rotatable bonds is 5. The summed E-state index contributed by atoms with van der Waals surface area (Å²) in [5.74, 6) is 1.23. The Kier molecular flexibility index (Phi) is 4.82. The number of pyridine rings is 2. The molecular formula is C20H21N5O2. The number of nitrogens with zero attached hydrogens (tertiary/aromatic N) is 5. The molecule has 0 amide bonds. The van der Waals surface area contributed by atoms with Crippen LogP contribution in [0.2, 0.25) is 0 Å². The van der Waals surface area contributed by atoms with Gasteiger partial charge in [-0.1, -0.05) is 6.07 Å². The second kappa shape index (κ2) is 7.57. The van der Waals surface area contributed by atoms with E-state index in [2.05, 4.69) is 24.4 Å². The van der Waals surface area contributed by atoms with Crippen molar-refractivity contribution in [3.05, 3.63) is 72.2 Å². The van der Waals surface area contributed by atoms with Gasteiger partial charge in [-0.25, -0.2) is 14.8 Å². The van der Waals surface area contributed by atoms with Gasteiger partial charge in [-0.15, -0.1) is 0 Å². The lowest BCUT2D eigenvalue weighted by Gasteiger charge is -2.32. The maximum Gasteiger partial charge on any atom is 0.354 e. The molecule has 1 fully saturated rings. The first-order valence-electron chi connectivity index (χ1n) is 9.06. The second-order valence-electron chi connectivity index (χ2n) is 6.72. The van der Waals surface area contributed by atoms with E-state index in [4.69, 9.17) is 5.11 Å². The van der Waals surface area contributed by atoms with E-state index >= 15 is 0 Å². The van der Waals surface area contributed by atoms with E-state index in [0.717, 1.165) is 44.1 Å². The standard InChI is InChI=1S/C20H21N5O2/c26-20(27)17-2-1-3-18(23-17)24-11-6-16(7-12-24)19-22-10-13-25(19)14-15-4-8-21-9-5-15/h1-5,8-10,13,16H,6-7,11-12,14H2,(H,26,27). The summed E-state index contributed by atoms with van der Waals surface area (Å²) in [6.45, 7) is 2.46. The highest BCUT2D eigenvalue weighted by molar-refractivity contribution is 5.85. The molecule has 1 aliphatic heterocycles. The highest BCUT2D eigenvalue weighted by Crippen LogP contribution is 2.29. The lowest BCUT2D eigenvalue weighted by Crippen LogP contribution is -2.34. The number of anilines is 1. The Balaban J connectivity index is 1.44. The Morgan fingerprint density at radius 2 is 1.89 bits per heavy atom. The van der Waals surface area contributed by atoms with Gasteiger partial charge in [-0.3, -0.25) is 4.98 Å². The van der Waals surface area contributed by atoms with Gasteiger partial charge in [0.25, 0.3) is 0 Å². The number of hydrogen-bond donors (Lipinski definition) is 1. The third-order valence-electron chi connectivity index (χ3n) is 4.99. The molecule has 3 aromatic rings. The van der Waals surface area contributed by atoms with Crippen molar-refractivity contribution in [3.8, 4) is 0 Å². The summed E-state index contributed by atoms with van der Waals surface area (Å²) >= 11 is 0. The van der Waals surface area contributed by atoms with Crippen LogP contribution in [0.25, 0.3) is 0 Å². The summed E-state index contributed by atoms with van der Waals surface area (Å²) in [5, 5.41) is 9.13. The SMILES string of the molecule is O=C(O)c1cccc(N2CCC(c3nccn3Cc3ccncc3)CC2)n1. The predicted molar refractivity (Wildman–Crippen MR) is 101 cm³/mol. The summed E-state index contributed by atoms with van der Waals surface area (Å²) < 4.78 is 2.21. The van der Waals surface area contributed by atoms with Crippen molar-refractivity contribution in [1.82, 2.24) is 19.5 Å². The van der Waals surface area contributed by atoms with Crippen molar-refractivity contribution in [2.75, 3.05) is 18.0 Å². The van der Waals surface area contributed by atoms with Gasteiger partial charge in [0, 0.05) is 50.3 Å². The van der Waals surface area contributed by atoms with Crippen LogP contribution in [0.3, 0.4) is 0 Å². The van der Waals surface area contributed by atoms with Crippen LogP contribution >= 0.6 is 0 Å². The first kappa shape index (κ1) is 17.2. The fraction of sp³-hybridized carbons (Fsp3) is 0.300. The number of aromatic carboxylic acids is 1. The van der Waals surface area contributed by atoms with Crippen LogP contribution in [0.15, 0.2) is 55.1 Å². The van der Waals surface area contributed by atoms with E-state index < -0.39 is 5.97 Å². The molecule has 1 saturated heterocycles. The Morgan fingerprint density at radius 1 is 1.11 bits per heavy atom. The summed E-state index contributed by atoms with van der Waals surface area (Å²) in [4.78, 5) is 26.2. The summed E-state index contributed by atoms with van der Waals surface area (Å²) in [6, 6.07) is 9.19. The average molecular weight is 363 g/mol. The number of imidazole rings is 1. The molecule has 0 atom stereocenters. The molecule has 7 heteroatoms. The van der Waals surface area contributed by atoms with Crippen molar-refractivity contribution >= 4 is 11.8 Å². The van der Waals surface area contributed by atoms with E-state index in [-0.39, 0.29) is 5.69 Å². The van der Waals surface area contributed by atoms with Crippen molar-refractivity contribution in [2.24, 2.45) is 0 Å². The molecule has 0 aromatic carbocycles. The largest absolute Gasteiger partial charge is 0.477 e. The molecule has 0 unspecified atom stereocenters. The monoisotopic (exact) mass is 363 g/mol. The topological polar surface area (TPSA) is 84.1 Å². The lowest BCUT2D eigenvalue weighted by atomic mass is 9.95. The van der Waals surface area contributed by atoms with Crippen LogP contribution in [-0.4, -0.2) is 43.7 Å². The lowest BCUT2D eigenvalue weighted by molar-refractivity contribution is 0.0690. The smallest absolute Gasteiger partial charge is 0.354 e. The zero-order valence-corrected chi connectivity index (χ0v) is 14.9. The van der Waals surface area contributed by atoms with E-state index in [1.54, 1.807) is 6.07 Å². The number of aromatic nitrogens is 4. The van der Waals surface area contributed by atoms with Crippen molar-refractivity contribution in [2.45, 2.75) is 25.3 Å². The number of carboxylic acids is 1. The second-order valence-corrected chi connectivity index (χ2v) is 6.72. The van der Waals surface area contributed by atoms with Crippen LogP contribution < -0.4 is 4.90 Å². The van der Waals surface area contributed by atoms with Gasteiger partial charge in [-0.05, 0) is 42.7 Å². The zero-order valence-electron chi connectivity index (χ0n) is 14.9. The van der Waals surface area contributed by atoms with E-state index in [0.29, 0.717) is 5.92 Å². The normalized spacial score (nSPS) is 15.0. The highest BCUT2D eigenvalue weighted by atomic mass is 16.4. The minimum Gasteiger partial charge on any atom is -0.477 e. The molecular weight excluding hydrogens is 342 g/mol. The van der Waals surface area contributed by atoms with Gasteiger partial charge in [-0.2, -0.15) is 0 Å². The molecule has 4 rings (SSSR count). The van der Waals surface area contributed by atoms with Crippen molar-refractivity contribution in [1.29, 1.82) is 0 Å². The Morgan fingerprint density at radius 3 is 2.63 bits per heavy atom. The first-order valence-corrected chi connectivity index (χ1v) is 9.06. The molecule has 3 aromatic heterocycles. The van der Waals surface area contributed by atoms with Crippen molar-refractivity contribution in [3.63, 3.8) is 0 Å². The van der Waals surface area contributed by atoms with Gasteiger partial charge in [0.05, 0.1) is 0 Å². The molecule has 0 aliphatic carbocycles. The van der Waals surface area contributed by atoms with Crippen LogP contribution in [0.1, 0.15) is 40.6 Å². The molecule has 1 aliphatic rings. The van der Waals surface area contributed by atoms with Gasteiger partial charge in [0.2, 0.25) is 0 Å². The molecule has 0 bridgehead atoms. The number of carboxylic acid groups (broad SMARTS) is 1. The maximum atomic E-state index is 11.1. The van der Waals surface area contributed by atoms with Crippen LogP contribution in [0, 0.1) is 0 Å². The fourth-order valence-electron chi connectivity index (χ4n) is 3.58. The molecule has 0 spiro atoms. The molecule has 0 radical (unpaired) electrons. The minimum absolute atomic E-state index is 0.0857. The van der Waals surface area contributed by atoms with Gasteiger partial charge >= 0.3 is 5.97 Å². The summed E-state index contributed by atoms with van der Waals surface area (Å²) in [5.41, 5.74) is 1.29. The van der Waals surface area contributed by atoms with Gasteiger partial charge in [0.15, 0.2) is 5.69 Å². The Labute approximate surface area is 157 Å². The molecule has 4 heterocycles. The third-order valence-corrected chi connectivity index (χ3v) is 4.99. The molecule has 0 saturated carbocycles. The quantitative estimate of drug-likeness (QED) is 0.750. The highest BCUT2D eigenvalue weighted by Gasteiger charge is 2.25. The Hall–Kier alpha value is -3.22. The zero-order chi connectivity index (χ0) is 18.6. The average Bonchev–Trinajstić information content (AvgIpc) is 3.17. The first-order chi connectivity index (χ1) is 13.2. The van der Waals surface area contributed by atoms with Gasteiger partial charge in [0.1, 0.15) is 11.6 Å². The van der Waals surface area contributed by atoms with Crippen LogP contribution in [-0.2, 0) is 6.54 Å². The van der Waals surface area contributed by atoms with E-state index in [1.807, 2.05) is 43.0 Å². The summed E-state index contributed by atoms with van der Waals surface area (Å²) in [6.07, 6.45) is 9.44. The number of piperidine rings is 1. The van der Waals surface area contributed by atoms with Crippen molar-refractivity contribution < 1.29 is 9.90 Å². The van der Waals surface area contributed by atoms with Gasteiger partial charge < -0.3 is 14.6 Å². The van der Waals surface area contributed by atoms with Crippen LogP contribution in [0.4, 0.5) is 5.82 Å². The molecule has 7 nitrogen and oxygen atoms in total. The van der Waals surface area contributed by atoms with E-state index in [1.165, 1.54) is 11.6 Å². The fourth-order valence-corrected chi connectivity index (χ4v) is 3.58. The third kappa shape index (κ3) is 3.81. The molecule has 1 N–H and O–H groups in total. The Bertz CT molecular complexity index is 917. The molecule has 27 heavy (non-hydrogen) atoms. The van der Waals surface area contributed by atoms with E-state index in [9.17, 15) is 4.79 Å². The number of carbonyl (C=O) groups is 1. The predicted octanol–water partition coefficient (Wildman–Crippen LogP) is 2.80. The maximum absolute atomic E-state index is 11.1. The minimum atomic E-state index is -0.995. The number of hydrogen-bond acceptors (Lipinski definition) is 5. The summed E-state index contributed by atoms with van der Waals surface area (Å²) in [7, 11) is 0. The van der Waals surface area contributed by atoms with Crippen LogP contribution in [0.5, 0.6) is 0 Å².